The van der Waals surface area contributed by atoms with Crippen LogP contribution in [0.3, 0.4) is 0 Å². The first kappa shape index (κ1) is 11.4. The summed E-state index contributed by atoms with van der Waals surface area (Å²) >= 11 is 0. The van der Waals surface area contributed by atoms with Crippen LogP contribution in [0.2, 0.25) is 0 Å². The molecule has 1 nitrogen and oxygen atoms in total. The van der Waals surface area contributed by atoms with Gasteiger partial charge in [-0.15, -0.1) is 0 Å². The zero-order chi connectivity index (χ0) is 11.3. The molecule has 0 aromatic heterocycles. The Bertz CT molecular complexity index is 240. The summed E-state index contributed by atoms with van der Waals surface area (Å²) in [5.41, 5.74) is 1.16. The predicted molar refractivity (Wildman–Crippen MR) is 65.9 cm³/mol. The zero-order valence-electron chi connectivity index (χ0n) is 11.1. The van der Waals surface area contributed by atoms with Crippen LogP contribution in [-0.2, 0) is 0 Å². The van der Waals surface area contributed by atoms with Crippen LogP contribution >= 0.6 is 0 Å². The topological polar surface area (TPSA) is 3.24 Å². The summed E-state index contributed by atoms with van der Waals surface area (Å²) in [5.74, 6) is 0.960. The van der Waals surface area contributed by atoms with Crippen LogP contribution in [0.1, 0.15) is 53.4 Å². The summed E-state index contributed by atoms with van der Waals surface area (Å²) in [4.78, 5) is 2.62. The van der Waals surface area contributed by atoms with Crippen molar-refractivity contribution in [2.75, 3.05) is 13.6 Å². The third-order valence-corrected chi connectivity index (χ3v) is 4.55. The van der Waals surface area contributed by atoms with E-state index in [0.717, 1.165) is 12.0 Å². The Hall–Kier alpha value is -0.0400. The van der Waals surface area contributed by atoms with Gasteiger partial charge in [0.05, 0.1) is 0 Å². The number of nitrogens with zero attached hydrogens (tertiary/aromatic N) is 1. The number of hydrogen-bond acceptors (Lipinski definition) is 1. The van der Waals surface area contributed by atoms with Gasteiger partial charge in [-0.25, -0.2) is 0 Å². The molecule has 0 radical (unpaired) electrons. The standard InChI is InChI=1S/C14H27N/c1-11-9-14(11,10-13(2,3)4)12-7-6-8-15(12)5/h11-12H,6-10H2,1-5H3. The zero-order valence-corrected chi connectivity index (χ0v) is 11.1. The largest absolute Gasteiger partial charge is 0.303 e. The third kappa shape index (κ3) is 2.08. The molecular formula is C14H27N. The summed E-state index contributed by atoms with van der Waals surface area (Å²) in [7, 11) is 2.33. The summed E-state index contributed by atoms with van der Waals surface area (Å²) in [6.07, 6.45) is 5.74. The molecule has 15 heavy (non-hydrogen) atoms. The van der Waals surface area contributed by atoms with Gasteiger partial charge in [0, 0.05) is 6.04 Å². The van der Waals surface area contributed by atoms with Gasteiger partial charge in [0.2, 0.25) is 0 Å². The van der Waals surface area contributed by atoms with Crippen LogP contribution < -0.4 is 0 Å². The summed E-state index contributed by atoms with van der Waals surface area (Å²) < 4.78 is 0. The Balaban J connectivity index is 2.09. The second-order valence-electron chi connectivity index (χ2n) is 7.21. The SMILES string of the molecule is CC1CC1(CC(C)(C)C)C1CCCN1C. The Morgan fingerprint density at radius 1 is 1.33 bits per heavy atom. The van der Waals surface area contributed by atoms with Gasteiger partial charge in [-0.3, -0.25) is 0 Å². The van der Waals surface area contributed by atoms with Gasteiger partial charge < -0.3 is 4.90 Å². The minimum Gasteiger partial charge on any atom is -0.303 e. The minimum absolute atomic E-state index is 0.494. The number of rotatable bonds is 2. The Morgan fingerprint density at radius 3 is 2.27 bits per heavy atom. The molecule has 0 N–H and O–H groups in total. The van der Waals surface area contributed by atoms with Crippen LogP contribution in [0.5, 0.6) is 0 Å². The average molecular weight is 209 g/mol. The summed E-state index contributed by atoms with van der Waals surface area (Å²) in [6.45, 7) is 11.0. The highest BCUT2D eigenvalue weighted by Gasteiger charge is 2.58. The van der Waals surface area contributed by atoms with E-state index in [9.17, 15) is 0 Å². The average Bonchev–Trinajstić information content (AvgIpc) is 2.54. The van der Waals surface area contributed by atoms with Crippen molar-refractivity contribution >= 4 is 0 Å². The molecule has 0 amide bonds. The van der Waals surface area contributed by atoms with Gasteiger partial charge in [0.25, 0.3) is 0 Å². The van der Waals surface area contributed by atoms with Crippen molar-refractivity contribution in [1.82, 2.24) is 4.90 Å². The second kappa shape index (κ2) is 3.48. The molecule has 2 aliphatic rings. The molecule has 1 aliphatic carbocycles. The fourth-order valence-electron chi connectivity index (χ4n) is 3.96. The van der Waals surface area contributed by atoms with Crippen LogP contribution in [0.25, 0.3) is 0 Å². The highest BCUT2D eigenvalue weighted by Crippen LogP contribution is 2.63. The van der Waals surface area contributed by atoms with Crippen molar-refractivity contribution in [3.05, 3.63) is 0 Å². The van der Waals surface area contributed by atoms with E-state index in [4.69, 9.17) is 0 Å². The fourth-order valence-corrected chi connectivity index (χ4v) is 3.96. The molecule has 0 bridgehead atoms. The lowest BCUT2D eigenvalue weighted by Crippen LogP contribution is -2.37. The molecule has 1 saturated carbocycles. The van der Waals surface area contributed by atoms with Crippen molar-refractivity contribution < 1.29 is 0 Å². The quantitative estimate of drug-likeness (QED) is 0.672. The van der Waals surface area contributed by atoms with E-state index in [1.165, 1.54) is 32.2 Å². The fraction of sp³-hybridized carbons (Fsp3) is 1.00. The third-order valence-electron chi connectivity index (χ3n) is 4.55. The lowest BCUT2D eigenvalue weighted by atomic mass is 9.77. The molecule has 1 heteroatoms. The molecule has 2 fully saturated rings. The molecule has 3 unspecified atom stereocenters. The predicted octanol–water partition coefficient (Wildman–Crippen LogP) is 3.54. The molecule has 3 atom stereocenters. The molecule has 0 aromatic carbocycles. The molecule has 2 rings (SSSR count). The van der Waals surface area contributed by atoms with Gasteiger partial charge >= 0.3 is 0 Å². The van der Waals surface area contributed by atoms with Gasteiger partial charge in [-0.2, -0.15) is 0 Å². The second-order valence-corrected chi connectivity index (χ2v) is 7.21. The molecule has 0 spiro atoms. The van der Waals surface area contributed by atoms with Crippen molar-refractivity contribution in [2.45, 2.75) is 59.4 Å². The highest BCUT2D eigenvalue weighted by molar-refractivity contribution is 5.10. The van der Waals surface area contributed by atoms with Gasteiger partial charge in [-0.1, -0.05) is 27.7 Å². The van der Waals surface area contributed by atoms with Crippen molar-refractivity contribution in [3.8, 4) is 0 Å². The van der Waals surface area contributed by atoms with E-state index in [1.807, 2.05) is 0 Å². The van der Waals surface area contributed by atoms with Gasteiger partial charge in [0.15, 0.2) is 0 Å². The van der Waals surface area contributed by atoms with E-state index in [1.54, 1.807) is 0 Å². The maximum Gasteiger partial charge on any atom is 0.0152 e. The first-order chi connectivity index (χ1) is 6.85. The normalized spacial score (nSPS) is 42.2. The van der Waals surface area contributed by atoms with E-state index in [-0.39, 0.29) is 0 Å². The Labute approximate surface area is 95.2 Å². The first-order valence-corrected chi connectivity index (χ1v) is 6.55. The first-order valence-electron chi connectivity index (χ1n) is 6.55. The molecule has 1 saturated heterocycles. The molecular weight excluding hydrogens is 182 g/mol. The number of hydrogen-bond donors (Lipinski definition) is 0. The van der Waals surface area contributed by atoms with Crippen LogP contribution in [0, 0.1) is 16.7 Å². The molecule has 88 valence electrons. The van der Waals surface area contributed by atoms with Crippen molar-refractivity contribution in [3.63, 3.8) is 0 Å². The lowest BCUT2D eigenvalue weighted by molar-refractivity contribution is 0.143. The molecule has 1 aliphatic heterocycles. The Morgan fingerprint density at radius 2 is 1.93 bits per heavy atom. The van der Waals surface area contributed by atoms with Crippen LogP contribution in [-0.4, -0.2) is 24.5 Å². The maximum absolute atomic E-state index is 2.62. The lowest BCUT2D eigenvalue weighted by Gasteiger charge is -2.35. The van der Waals surface area contributed by atoms with Crippen molar-refractivity contribution in [1.29, 1.82) is 0 Å². The van der Waals surface area contributed by atoms with E-state index >= 15 is 0 Å². The van der Waals surface area contributed by atoms with Crippen LogP contribution in [0.4, 0.5) is 0 Å². The molecule has 1 heterocycles. The van der Waals surface area contributed by atoms with E-state index in [0.29, 0.717) is 10.8 Å². The van der Waals surface area contributed by atoms with Crippen molar-refractivity contribution in [2.24, 2.45) is 16.7 Å². The van der Waals surface area contributed by atoms with Crippen LogP contribution in [0.15, 0.2) is 0 Å². The molecule has 0 aromatic rings. The van der Waals surface area contributed by atoms with Gasteiger partial charge in [0.1, 0.15) is 0 Å². The van der Waals surface area contributed by atoms with E-state index in [2.05, 4.69) is 39.6 Å². The Kier molecular flexibility index (Phi) is 2.65. The summed E-state index contributed by atoms with van der Waals surface area (Å²) in [5, 5.41) is 0. The van der Waals surface area contributed by atoms with Gasteiger partial charge in [-0.05, 0) is 56.0 Å². The highest BCUT2D eigenvalue weighted by atomic mass is 15.2. The smallest absolute Gasteiger partial charge is 0.0152 e. The van der Waals surface area contributed by atoms with E-state index < -0.39 is 0 Å². The summed E-state index contributed by atoms with van der Waals surface area (Å²) in [6, 6.07) is 0.881. The number of likely N-dealkylation sites (tertiary alicyclic amines) is 1. The monoisotopic (exact) mass is 209 g/mol. The maximum atomic E-state index is 2.62. The minimum atomic E-state index is 0.494.